The van der Waals surface area contributed by atoms with Crippen LogP contribution in [-0.2, 0) is 4.79 Å². The first-order chi connectivity index (χ1) is 15.3. The second kappa shape index (κ2) is 8.50. The van der Waals surface area contributed by atoms with Crippen LogP contribution >= 0.6 is 11.8 Å². The summed E-state index contributed by atoms with van der Waals surface area (Å²) < 4.78 is 5.45. The predicted molar refractivity (Wildman–Crippen MR) is 127 cm³/mol. The second-order valence-electron chi connectivity index (χ2n) is 6.92. The van der Waals surface area contributed by atoms with Crippen LogP contribution in [0.3, 0.4) is 0 Å². The lowest BCUT2D eigenvalue weighted by atomic mass is 10.1. The summed E-state index contributed by atoms with van der Waals surface area (Å²) in [5, 5.41) is 0.640. The Hall–Kier alpha value is -3.83. The molecule has 2 heterocycles. The van der Waals surface area contributed by atoms with Gasteiger partial charge in [0.2, 0.25) is 0 Å². The molecule has 1 amide bonds. The van der Waals surface area contributed by atoms with Gasteiger partial charge < -0.3 is 4.42 Å². The van der Waals surface area contributed by atoms with E-state index in [1.807, 2.05) is 103 Å². The van der Waals surface area contributed by atoms with Crippen LogP contribution in [0, 0.1) is 0 Å². The standard InChI is InChI=1S/C26H18N2O2S/c29-25-24(18-19-13-15-20(16-14-19)23-12-7-17-30-23)31-26(27-21-8-3-1-4-9-21)28(25)22-10-5-2-6-11-22/h1-18H/b24-18+,27-26?. The van der Waals surface area contributed by atoms with Gasteiger partial charge in [0.15, 0.2) is 5.17 Å². The van der Waals surface area contributed by atoms with E-state index >= 15 is 0 Å². The fourth-order valence-corrected chi connectivity index (χ4v) is 4.31. The Kier molecular flexibility index (Phi) is 5.25. The van der Waals surface area contributed by atoms with Gasteiger partial charge in [-0.05, 0) is 59.8 Å². The minimum atomic E-state index is -0.0824. The summed E-state index contributed by atoms with van der Waals surface area (Å²) >= 11 is 1.38. The molecule has 1 aliphatic rings. The summed E-state index contributed by atoms with van der Waals surface area (Å²) in [7, 11) is 0. The highest BCUT2D eigenvalue weighted by Gasteiger charge is 2.34. The van der Waals surface area contributed by atoms with E-state index in [2.05, 4.69) is 0 Å². The van der Waals surface area contributed by atoms with Gasteiger partial charge in [0.1, 0.15) is 5.76 Å². The average molecular weight is 423 g/mol. The van der Waals surface area contributed by atoms with E-state index in [0.717, 1.165) is 28.3 Å². The summed E-state index contributed by atoms with van der Waals surface area (Å²) in [6.45, 7) is 0. The molecule has 5 rings (SSSR count). The molecule has 1 saturated heterocycles. The molecule has 0 aliphatic carbocycles. The third kappa shape index (κ3) is 4.09. The van der Waals surface area contributed by atoms with Gasteiger partial charge in [-0.2, -0.15) is 0 Å². The molecule has 3 aromatic carbocycles. The third-order valence-electron chi connectivity index (χ3n) is 4.82. The van der Waals surface area contributed by atoms with Gasteiger partial charge in [-0.15, -0.1) is 0 Å². The SMILES string of the molecule is O=C1/C(=C\c2ccc(-c3ccco3)cc2)SC(=Nc2ccccc2)N1c1ccccc1. The first-order valence-corrected chi connectivity index (χ1v) is 10.7. The lowest BCUT2D eigenvalue weighted by Gasteiger charge is -2.15. The number of hydrogen-bond acceptors (Lipinski definition) is 4. The van der Waals surface area contributed by atoms with E-state index in [1.165, 1.54) is 11.8 Å². The number of para-hydroxylation sites is 2. The van der Waals surface area contributed by atoms with Crippen LogP contribution in [0.25, 0.3) is 17.4 Å². The molecule has 0 unspecified atom stereocenters. The highest BCUT2D eigenvalue weighted by molar-refractivity contribution is 8.19. The number of amides is 1. The zero-order chi connectivity index (χ0) is 21.0. The van der Waals surface area contributed by atoms with Crippen molar-refractivity contribution in [3.05, 3.63) is 114 Å². The fraction of sp³-hybridized carbons (Fsp3) is 0. The normalized spacial score (nSPS) is 16.4. The number of benzene rings is 3. The maximum Gasteiger partial charge on any atom is 0.271 e. The molecule has 150 valence electrons. The number of thioether (sulfide) groups is 1. The molecule has 0 atom stereocenters. The predicted octanol–water partition coefficient (Wildman–Crippen LogP) is 6.76. The fourth-order valence-electron chi connectivity index (χ4n) is 3.30. The molecular formula is C26H18N2O2S. The van der Waals surface area contributed by atoms with Crippen molar-refractivity contribution in [2.75, 3.05) is 4.90 Å². The van der Waals surface area contributed by atoms with Crippen LogP contribution in [0.2, 0.25) is 0 Å². The maximum absolute atomic E-state index is 13.3. The Morgan fingerprint density at radius 2 is 1.52 bits per heavy atom. The molecule has 1 aromatic heterocycles. The number of carbonyl (C=O) groups excluding carboxylic acids is 1. The van der Waals surface area contributed by atoms with Gasteiger partial charge in [0, 0.05) is 5.56 Å². The first kappa shape index (κ1) is 19.2. The molecule has 4 aromatic rings. The molecule has 0 bridgehead atoms. The van der Waals surface area contributed by atoms with Crippen molar-refractivity contribution >= 4 is 40.3 Å². The summed E-state index contributed by atoms with van der Waals surface area (Å²) in [6, 6.07) is 31.0. The molecule has 31 heavy (non-hydrogen) atoms. The van der Waals surface area contributed by atoms with Crippen molar-refractivity contribution in [3.63, 3.8) is 0 Å². The van der Waals surface area contributed by atoms with Crippen molar-refractivity contribution < 1.29 is 9.21 Å². The van der Waals surface area contributed by atoms with Gasteiger partial charge >= 0.3 is 0 Å². The zero-order valence-corrected chi connectivity index (χ0v) is 17.3. The van der Waals surface area contributed by atoms with Gasteiger partial charge in [-0.3, -0.25) is 9.69 Å². The van der Waals surface area contributed by atoms with E-state index in [4.69, 9.17) is 9.41 Å². The average Bonchev–Trinajstić information content (AvgIpc) is 3.45. The molecule has 0 saturated carbocycles. The summed E-state index contributed by atoms with van der Waals surface area (Å²) in [5.41, 5.74) is 3.55. The Bertz CT molecular complexity index is 1250. The van der Waals surface area contributed by atoms with E-state index < -0.39 is 0 Å². The maximum atomic E-state index is 13.3. The van der Waals surface area contributed by atoms with Crippen LogP contribution in [0.5, 0.6) is 0 Å². The first-order valence-electron chi connectivity index (χ1n) is 9.85. The highest BCUT2D eigenvalue weighted by atomic mass is 32.2. The van der Waals surface area contributed by atoms with Crippen molar-refractivity contribution in [1.82, 2.24) is 0 Å². The largest absolute Gasteiger partial charge is 0.464 e. The van der Waals surface area contributed by atoms with Crippen LogP contribution < -0.4 is 4.90 Å². The Balaban J connectivity index is 1.50. The number of hydrogen-bond donors (Lipinski definition) is 0. The molecule has 5 heteroatoms. The number of aliphatic imine (C=N–C) groups is 1. The van der Waals surface area contributed by atoms with Crippen LogP contribution in [0.15, 0.2) is 118 Å². The van der Waals surface area contributed by atoms with Crippen molar-refractivity contribution in [1.29, 1.82) is 0 Å². The number of furan rings is 1. The molecule has 1 aliphatic heterocycles. The number of anilines is 1. The van der Waals surface area contributed by atoms with Crippen LogP contribution in [-0.4, -0.2) is 11.1 Å². The van der Waals surface area contributed by atoms with E-state index in [9.17, 15) is 4.79 Å². The Morgan fingerprint density at radius 1 is 0.806 bits per heavy atom. The monoisotopic (exact) mass is 422 g/mol. The van der Waals surface area contributed by atoms with Gasteiger partial charge in [-0.25, -0.2) is 4.99 Å². The Morgan fingerprint density at radius 3 is 2.19 bits per heavy atom. The topological polar surface area (TPSA) is 45.8 Å². The van der Waals surface area contributed by atoms with Gasteiger partial charge in [-0.1, -0.05) is 60.7 Å². The lowest BCUT2D eigenvalue weighted by Crippen LogP contribution is -2.28. The lowest BCUT2D eigenvalue weighted by molar-refractivity contribution is -0.113. The minimum absolute atomic E-state index is 0.0824. The highest BCUT2D eigenvalue weighted by Crippen LogP contribution is 2.37. The number of rotatable bonds is 4. The van der Waals surface area contributed by atoms with E-state index in [0.29, 0.717) is 10.1 Å². The summed E-state index contributed by atoms with van der Waals surface area (Å²) in [6.07, 6.45) is 3.56. The summed E-state index contributed by atoms with van der Waals surface area (Å²) in [4.78, 5) is 20.3. The number of amidine groups is 1. The second-order valence-corrected chi connectivity index (χ2v) is 7.93. The van der Waals surface area contributed by atoms with Crippen LogP contribution in [0.1, 0.15) is 5.56 Å². The summed E-state index contributed by atoms with van der Waals surface area (Å²) in [5.74, 6) is 0.735. The number of nitrogens with zero attached hydrogens (tertiary/aromatic N) is 2. The van der Waals surface area contributed by atoms with E-state index in [-0.39, 0.29) is 5.91 Å². The third-order valence-corrected chi connectivity index (χ3v) is 5.78. The molecular weight excluding hydrogens is 404 g/mol. The molecule has 0 N–H and O–H groups in total. The molecule has 4 nitrogen and oxygen atoms in total. The number of carbonyl (C=O) groups is 1. The van der Waals surface area contributed by atoms with Crippen molar-refractivity contribution in [3.8, 4) is 11.3 Å². The smallest absolute Gasteiger partial charge is 0.271 e. The molecule has 0 spiro atoms. The van der Waals surface area contributed by atoms with E-state index in [1.54, 1.807) is 11.2 Å². The van der Waals surface area contributed by atoms with Crippen LogP contribution in [0.4, 0.5) is 11.4 Å². The van der Waals surface area contributed by atoms with Crippen molar-refractivity contribution in [2.24, 2.45) is 4.99 Å². The van der Waals surface area contributed by atoms with Gasteiger partial charge in [0.05, 0.1) is 22.5 Å². The quantitative estimate of drug-likeness (QED) is 0.342. The zero-order valence-electron chi connectivity index (χ0n) is 16.5. The molecule has 1 fully saturated rings. The van der Waals surface area contributed by atoms with Gasteiger partial charge in [0.25, 0.3) is 5.91 Å². The van der Waals surface area contributed by atoms with Crippen molar-refractivity contribution in [2.45, 2.75) is 0 Å². The Labute approximate surface area is 184 Å². The molecule has 0 radical (unpaired) electrons. The minimum Gasteiger partial charge on any atom is -0.464 e.